The Kier molecular flexibility index (Phi) is 4.14. The van der Waals surface area contributed by atoms with E-state index in [2.05, 4.69) is 15.5 Å². The van der Waals surface area contributed by atoms with Gasteiger partial charge in [0.1, 0.15) is 12.9 Å². The number of nitrogens with zero attached hydrogens (tertiary/aromatic N) is 4. The van der Waals surface area contributed by atoms with Crippen molar-refractivity contribution >= 4 is 11.6 Å². The van der Waals surface area contributed by atoms with E-state index >= 15 is 0 Å². The molecule has 0 aliphatic carbocycles. The Hall–Kier alpha value is -2.64. The highest BCUT2D eigenvalue weighted by Gasteiger charge is 2.07. The molecule has 0 saturated heterocycles. The number of aromatic nitrogens is 4. The van der Waals surface area contributed by atoms with Gasteiger partial charge in [-0.3, -0.25) is 9.59 Å². The number of pyridine rings is 1. The van der Waals surface area contributed by atoms with E-state index in [1.165, 1.54) is 22.9 Å². The molecule has 0 fully saturated rings. The van der Waals surface area contributed by atoms with Crippen LogP contribution in [-0.2, 0) is 24.4 Å². The molecular formula is C12H16N6O2. The van der Waals surface area contributed by atoms with Crippen molar-refractivity contribution in [3.05, 3.63) is 40.8 Å². The number of carbonyl (C=O) groups excluding carboxylic acids is 1. The highest BCUT2D eigenvalue weighted by atomic mass is 16.2. The second-order valence-corrected chi connectivity index (χ2v) is 4.24. The third-order valence-electron chi connectivity index (χ3n) is 2.80. The first kappa shape index (κ1) is 13.8. The Labute approximate surface area is 115 Å². The zero-order valence-electron chi connectivity index (χ0n) is 11.1. The van der Waals surface area contributed by atoms with Crippen molar-refractivity contribution < 1.29 is 4.79 Å². The first-order valence-electron chi connectivity index (χ1n) is 6.19. The van der Waals surface area contributed by atoms with Crippen molar-refractivity contribution in [2.24, 2.45) is 0 Å². The van der Waals surface area contributed by atoms with Gasteiger partial charge in [-0.15, -0.1) is 10.2 Å². The molecular weight excluding hydrogens is 260 g/mol. The minimum absolute atomic E-state index is 0.0792. The Morgan fingerprint density at radius 2 is 2.20 bits per heavy atom. The van der Waals surface area contributed by atoms with E-state index in [0.29, 0.717) is 11.5 Å². The van der Waals surface area contributed by atoms with Crippen molar-refractivity contribution in [2.45, 2.75) is 26.6 Å². The van der Waals surface area contributed by atoms with Gasteiger partial charge in [0.05, 0.1) is 6.54 Å². The zero-order chi connectivity index (χ0) is 14.5. The molecule has 106 valence electrons. The molecule has 1 amide bonds. The first-order chi connectivity index (χ1) is 9.60. The molecule has 0 aromatic carbocycles. The van der Waals surface area contributed by atoms with E-state index in [1.807, 2.05) is 11.5 Å². The van der Waals surface area contributed by atoms with Gasteiger partial charge in [0.15, 0.2) is 5.82 Å². The van der Waals surface area contributed by atoms with Crippen LogP contribution < -0.4 is 16.6 Å². The molecule has 20 heavy (non-hydrogen) atoms. The van der Waals surface area contributed by atoms with Crippen LogP contribution in [0, 0.1) is 0 Å². The summed E-state index contributed by atoms with van der Waals surface area (Å²) in [6, 6.07) is 2.83. The van der Waals surface area contributed by atoms with Crippen molar-refractivity contribution in [2.75, 3.05) is 5.73 Å². The second kappa shape index (κ2) is 6.00. The van der Waals surface area contributed by atoms with E-state index in [0.717, 1.165) is 6.54 Å². The largest absolute Gasteiger partial charge is 0.398 e. The summed E-state index contributed by atoms with van der Waals surface area (Å²) in [5, 5.41) is 10.4. The number of amides is 1. The fourth-order valence-corrected chi connectivity index (χ4v) is 1.74. The van der Waals surface area contributed by atoms with Gasteiger partial charge >= 0.3 is 0 Å². The smallest absolute Gasteiger partial charge is 0.251 e. The predicted molar refractivity (Wildman–Crippen MR) is 72.7 cm³/mol. The minimum Gasteiger partial charge on any atom is -0.398 e. The molecule has 0 spiro atoms. The van der Waals surface area contributed by atoms with Gasteiger partial charge < -0.3 is 20.2 Å². The summed E-state index contributed by atoms with van der Waals surface area (Å²) in [6.45, 7) is 2.88. The molecule has 0 unspecified atom stereocenters. The van der Waals surface area contributed by atoms with Gasteiger partial charge in [0, 0.05) is 24.5 Å². The summed E-state index contributed by atoms with van der Waals surface area (Å²) in [6.07, 6.45) is 3.04. The number of hydrogen-bond acceptors (Lipinski definition) is 5. The summed E-state index contributed by atoms with van der Waals surface area (Å²) in [5.74, 6) is 0.379. The van der Waals surface area contributed by atoms with Crippen molar-refractivity contribution in [1.82, 2.24) is 24.6 Å². The lowest BCUT2D eigenvalue weighted by atomic mass is 10.4. The van der Waals surface area contributed by atoms with Gasteiger partial charge in [-0.2, -0.15) is 0 Å². The maximum absolute atomic E-state index is 11.8. The van der Waals surface area contributed by atoms with E-state index in [4.69, 9.17) is 5.73 Å². The fourth-order valence-electron chi connectivity index (χ4n) is 1.74. The molecule has 8 nitrogen and oxygen atoms in total. The third-order valence-corrected chi connectivity index (χ3v) is 2.80. The predicted octanol–water partition coefficient (Wildman–Crippen LogP) is -0.642. The lowest BCUT2D eigenvalue weighted by Crippen LogP contribution is -2.32. The molecule has 0 bridgehead atoms. The van der Waals surface area contributed by atoms with Crippen LogP contribution in [0.1, 0.15) is 12.7 Å². The van der Waals surface area contributed by atoms with E-state index in [-0.39, 0.29) is 24.6 Å². The topological polar surface area (TPSA) is 108 Å². The average Bonchev–Trinajstić information content (AvgIpc) is 2.88. The van der Waals surface area contributed by atoms with Gasteiger partial charge in [0.25, 0.3) is 5.56 Å². The summed E-state index contributed by atoms with van der Waals surface area (Å²) >= 11 is 0. The standard InChI is InChI=1S/C12H16N6O2/c1-2-17-8-15-16-10(17)5-14-11(19)7-18-6-9(13)3-4-12(18)20/h3-4,6,8H,2,5,7,13H2,1H3,(H,14,19). The first-order valence-corrected chi connectivity index (χ1v) is 6.19. The van der Waals surface area contributed by atoms with Crippen LogP contribution in [0.5, 0.6) is 0 Å². The number of nitrogen functional groups attached to an aromatic ring is 1. The lowest BCUT2D eigenvalue weighted by molar-refractivity contribution is -0.121. The quantitative estimate of drug-likeness (QED) is 0.755. The zero-order valence-corrected chi connectivity index (χ0v) is 11.1. The van der Waals surface area contributed by atoms with E-state index in [9.17, 15) is 9.59 Å². The number of aryl methyl sites for hydroxylation is 1. The second-order valence-electron chi connectivity index (χ2n) is 4.24. The number of carbonyl (C=O) groups is 1. The summed E-state index contributed by atoms with van der Waals surface area (Å²) in [7, 11) is 0. The van der Waals surface area contributed by atoms with Crippen LogP contribution in [0.2, 0.25) is 0 Å². The van der Waals surface area contributed by atoms with Gasteiger partial charge in [-0.05, 0) is 13.0 Å². The molecule has 2 aromatic rings. The molecule has 2 rings (SSSR count). The van der Waals surface area contributed by atoms with Crippen LogP contribution in [0.4, 0.5) is 5.69 Å². The van der Waals surface area contributed by atoms with E-state index in [1.54, 1.807) is 6.33 Å². The molecule has 0 saturated carbocycles. The summed E-state index contributed by atoms with van der Waals surface area (Å²) < 4.78 is 3.09. The Balaban J connectivity index is 1.96. The number of anilines is 1. The summed E-state index contributed by atoms with van der Waals surface area (Å²) in [5.41, 5.74) is 5.74. The highest BCUT2D eigenvalue weighted by Crippen LogP contribution is 1.97. The van der Waals surface area contributed by atoms with Crippen LogP contribution in [0.3, 0.4) is 0 Å². The van der Waals surface area contributed by atoms with Crippen molar-refractivity contribution in [1.29, 1.82) is 0 Å². The maximum Gasteiger partial charge on any atom is 0.251 e. The SMILES string of the molecule is CCn1cnnc1CNC(=O)Cn1cc(N)ccc1=O. The molecule has 2 aromatic heterocycles. The van der Waals surface area contributed by atoms with Crippen molar-refractivity contribution in [3.63, 3.8) is 0 Å². The number of nitrogens with one attached hydrogen (secondary N) is 1. The maximum atomic E-state index is 11.8. The Morgan fingerprint density at radius 1 is 1.40 bits per heavy atom. The minimum atomic E-state index is -0.289. The normalized spacial score (nSPS) is 10.4. The molecule has 8 heteroatoms. The molecule has 3 N–H and O–H groups in total. The van der Waals surface area contributed by atoms with Gasteiger partial charge in [-0.25, -0.2) is 0 Å². The highest BCUT2D eigenvalue weighted by molar-refractivity contribution is 5.75. The summed E-state index contributed by atoms with van der Waals surface area (Å²) in [4.78, 5) is 23.3. The molecule has 0 atom stereocenters. The van der Waals surface area contributed by atoms with Crippen LogP contribution in [0.15, 0.2) is 29.5 Å². The fraction of sp³-hybridized carbons (Fsp3) is 0.333. The Morgan fingerprint density at radius 3 is 2.95 bits per heavy atom. The monoisotopic (exact) mass is 276 g/mol. The average molecular weight is 276 g/mol. The van der Waals surface area contributed by atoms with Crippen LogP contribution in [0.25, 0.3) is 0 Å². The molecule has 0 aliphatic heterocycles. The number of nitrogens with two attached hydrogens (primary N) is 1. The number of hydrogen-bond donors (Lipinski definition) is 2. The molecule has 2 heterocycles. The lowest BCUT2D eigenvalue weighted by Gasteiger charge is -2.08. The van der Waals surface area contributed by atoms with Gasteiger partial charge in [-0.1, -0.05) is 0 Å². The molecule has 0 aliphatic rings. The Bertz CT molecular complexity index is 660. The van der Waals surface area contributed by atoms with E-state index < -0.39 is 0 Å². The third kappa shape index (κ3) is 3.22. The van der Waals surface area contributed by atoms with Gasteiger partial charge in [0.2, 0.25) is 5.91 Å². The van der Waals surface area contributed by atoms with Crippen LogP contribution in [-0.4, -0.2) is 25.2 Å². The molecule has 0 radical (unpaired) electrons. The van der Waals surface area contributed by atoms with Crippen LogP contribution >= 0.6 is 0 Å². The van der Waals surface area contributed by atoms with Crippen molar-refractivity contribution in [3.8, 4) is 0 Å². The number of rotatable bonds is 5.